The molecule has 0 aliphatic carbocycles. The highest BCUT2D eigenvalue weighted by atomic mass is 35.5. The second kappa shape index (κ2) is 6.09. The number of benzene rings is 1. The zero-order valence-electron chi connectivity index (χ0n) is 10.3. The van der Waals surface area contributed by atoms with E-state index >= 15 is 0 Å². The Labute approximate surface area is 102 Å². The quantitative estimate of drug-likeness (QED) is 0.614. The van der Waals surface area contributed by atoms with Crippen molar-refractivity contribution in [3.05, 3.63) is 27.8 Å². The van der Waals surface area contributed by atoms with Gasteiger partial charge in [0.05, 0.1) is 7.11 Å². The Morgan fingerprint density at radius 3 is 2.62 bits per heavy atom. The smallest absolute Gasteiger partial charge is 0.123 e. The minimum Gasteiger partial charge on any atom is -0.496 e. The summed E-state index contributed by atoms with van der Waals surface area (Å²) in [5.41, 5.74) is 3.25. The zero-order valence-corrected chi connectivity index (χ0v) is 11.0. The van der Waals surface area contributed by atoms with E-state index in [0.29, 0.717) is 0 Å². The summed E-state index contributed by atoms with van der Waals surface area (Å²) in [5.74, 6) is 0.892. The van der Waals surface area contributed by atoms with E-state index in [9.17, 15) is 0 Å². The van der Waals surface area contributed by atoms with Crippen LogP contribution in [0.15, 0.2) is 6.07 Å². The number of methoxy groups -OCH3 is 1. The van der Waals surface area contributed by atoms with Gasteiger partial charge in [0.1, 0.15) is 5.75 Å². The highest BCUT2D eigenvalue weighted by Crippen LogP contribution is 2.31. The lowest BCUT2D eigenvalue weighted by molar-refractivity contribution is 0.406. The zero-order chi connectivity index (χ0) is 12.1. The first-order valence-corrected chi connectivity index (χ1v) is 5.67. The number of hydrogen-bond acceptors (Lipinski definition) is 3. The van der Waals surface area contributed by atoms with Crippen LogP contribution in [0.2, 0.25) is 5.02 Å². The van der Waals surface area contributed by atoms with Crippen LogP contribution in [0.5, 0.6) is 5.75 Å². The maximum atomic E-state index is 6.23. The molecule has 0 bridgehead atoms. The SMILES string of the molecule is CNCNCc1c(OC)cc(C)c(Cl)c1C. The predicted molar refractivity (Wildman–Crippen MR) is 68.2 cm³/mol. The standard InChI is InChI=1S/C12H19ClN2O/c1-8-5-11(16-4)10(6-15-7-14-3)9(2)12(8)13/h5,14-15H,6-7H2,1-4H3. The van der Waals surface area contributed by atoms with Crippen LogP contribution < -0.4 is 15.4 Å². The molecule has 4 heteroatoms. The Kier molecular flexibility index (Phi) is 5.06. The van der Waals surface area contributed by atoms with Crippen molar-refractivity contribution in [1.29, 1.82) is 0 Å². The van der Waals surface area contributed by atoms with Crippen LogP contribution in [-0.4, -0.2) is 20.8 Å². The molecule has 1 aromatic carbocycles. The lowest BCUT2D eigenvalue weighted by Gasteiger charge is -2.15. The molecule has 0 saturated carbocycles. The van der Waals surface area contributed by atoms with E-state index in [-0.39, 0.29) is 0 Å². The third kappa shape index (κ3) is 2.88. The van der Waals surface area contributed by atoms with Crippen molar-refractivity contribution < 1.29 is 4.74 Å². The second-order valence-electron chi connectivity index (χ2n) is 3.77. The second-order valence-corrected chi connectivity index (χ2v) is 4.15. The fourth-order valence-electron chi connectivity index (χ4n) is 1.67. The average molecular weight is 243 g/mol. The number of rotatable bonds is 5. The van der Waals surface area contributed by atoms with E-state index in [2.05, 4.69) is 10.6 Å². The lowest BCUT2D eigenvalue weighted by atomic mass is 10.0. The van der Waals surface area contributed by atoms with Gasteiger partial charge in [-0.2, -0.15) is 0 Å². The summed E-state index contributed by atoms with van der Waals surface area (Å²) in [6.07, 6.45) is 0. The summed E-state index contributed by atoms with van der Waals surface area (Å²) < 4.78 is 5.37. The summed E-state index contributed by atoms with van der Waals surface area (Å²) in [5, 5.41) is 7.12. The highest BCUT2D eigenvalue weighted by Gasteiger charge is 2.11. The van der Waals surface area contributed by atoms with Crippen molar-refractivity contribution in [2.45, 2.75) is 20.4 Å². The number of nitrogens with one attached hydrogen (secondary N) is 2. The van der Waals surface area contributed by atoms with Crippen LogP contribution in [-0.2, 0) is 6.54 Å². The molecule has 0 aromatic heterocycles. The number of halogens is 1. The monoisotopic (exact) mass is 242 g/mol. The summed E-state index contributed by atoms with van der Waals surface area (Å²) in [4.78, 5) is 0. The average Bonchev–Trinajstić information content (AvgIpc) is 2.29. The molecular formula is C12H19ClN2O. The van der Waals surface area contributed by atoms with Gasteiger partial charge in [0, 0.05) is 23.8 Å². The minimum atomic E-state index is 0.746. The Hall–Kier alpha value is -0.770. The molecule has 0 saturated heterocycles. The van der Waals surface area contributed by atoms with Gasteiger partial charge < -0.3 is 15.4 Å². The van der Waals surface area contributed by atoms with Crippen LogP contribution in [0.1, 0.15) is 16.7 Å². The van der Waals surface area contributed by atoms with Crippen LogP contribution in [0.3, 0.4) is 0 Å². The molecule has 0 aliphatic heterocycles. The molecule has 0 spiro atoms. The van der Waals surface area contributed by atoms with Gasteiger partial charge in [-0.05, 0) is 38.1 Å². The van der Waals surface area contributed by atoms with Crippen molar-refractivity contribution in [2.24, 2.45) is 0 Å². The number of ether oxygens (including phenoxy) is 1. The Bertz CT molecular complexity index is 367. The molecule has 0 amide bonds. The lowest BCUT2D eigenvalue weighted by Crippen LogP contribution is -2.25. The molecule has 0 unspecified atom stereocenters. The maximum Gasteiger partial charge on any atom is 0.123 e. The number of hydrogen-bond donors (Lipinski definition) is 2. The van der Waals surface area contributed by atoms with E-state index in [4.69, 9.17) is 16.3 Å². The van der Waals surface area contributed by atoms with Crippen molar-refractivity contribution in [3.8, 4) is 5.75 Å². The summed E-state index contributed by atoms with van der Waals surface area (Å²) >= 11 is 6.23. The van der Waals surface area contributed by atoms with Gasteiger partial charge in [0.15, 0.2) is 0 Å². The molecule has 0 aliphatic rings. The molecule has 0 heterocycles. The topological polar surface area (TPSA) is 33.3 Å². The maximum absolute atomic E-state index is 6.23. The van der Waals surface area contributed by atoms with E-state index in [1.54, 1.807) is 7.11 Å². The van der Waals surface area contributed by atoms with Crippen LogP contribution >= 0.6 is 11.6 Å². The molecule has 1 rings (SSSR count). The van der Waals surface area contributed by atoms with Gasteiger partial charge in [-0.3, -0.25) is 0 Å². The molecule has 0 atom stereocenters. The van der Waals surface area contributed by atoms with E-state index < -0.39 is 0 Å². The van der Waals surface area contributed by atoms with E-state index in [1.807, 2.05) is 27.0 Å². The third-order valence-corrected chi connectivity index (χ3v) is 3.18. The largest absolute Gasteiger partial charge is 0.496 e. The summed E-state index contributed by atoms with van der Waals surface area (Å²) in [6, 6.07) is 1.98. The van der Waals surface area contributed by atoms with Crippen molar-refractivity contribution in [2.75, 3.05) is 20.8 Å². The van der Waals surface area contributed by atoms with Crippen molar-refractivity contribution in [1.82, 2.24) is 10.6 Å². The van der Waals surface area contributed by atoms with Gasteiger partial charge in [-0.25, -0.2) is 0 Å². The minimum absolute atomic E-state index is 0.746. The molecule has 2 N–H and O–H groups in total. The molecule has 3 nitrogen and oxygen atoms in total. The van der Waals surface area contributed by atoms with Gasteiger partial charge in [-0.1, -0.05) is 11.6 Å². The Balaban J connectivity index is 3.00. The fourth-order valence-corrected chi connectivity index (χ4v) is 1.84. The first kappa shape index (κ1) is 13.3. The van der Waals surface area contributed by atoms with Gasteiger partial charge in [-0.15, -0.1) is 0 Å². The summed E-state index contributed by atoms with van der Waals surface area (Å²) in [7, 11) is 3.59. The highest BCUT2D eigenvalue weighted by molar-refractivity contribution is 6.32. The Morgan fingerprint density at radius 2 is 2.06 bits per heavy atom. The van der Waals surface area contributed by atoms with Crippen molar-refractivity contribution >= 4 is 11.6 Å². The Morgan fingerprint density at radius 1 is 1.38 bits per heavy atom. The van der Waals surface area contributed by atoms with Gasteiger partial charge >= 0.3 is 0 Å². The van der Waals surface area contributed by atoms with Gasteiger partial charge in [0.2, 0.25) is 0 Å². The van der Waals surface area contributed by atoms with E-state index in [1.165, 1.54) is 0 Å². The van der Waals surface area contributed by atoms with Crippen molar-refractivity contribution in [3.63, 3.8) is 0 Å². The van der Waals surface area contributed by atoms with Crippen LogP contribution in [0.25, 0.3) is 0 Å². The normalized spacial score (nSPS) is 10.6. The van der Waals surface area contributed by atoms with Gasteiger partial charge in [0.25, 0.3) is 0 Å². The molecule has 0 radical (unpaired) electrons. The van der Waals surface area contributed by atoms with E-state index in [0.717, 1.165) is 40.7 Å². The first-order chi connectivity index (χ1) is 7.61. The molecule has 1 aromatic rings. The third-order valence-electron chi connectivity index (χ3n) is 2.60. The molecule has 16 heavy (non-hydrogen) atoms. The molecule has 0 fully saturated rings. The molecule has 90 valence electrons. The predicted octanol–water partition coefficient (Wildman–Crippen LogP) is 2.23. The van der Waals surface area contributed by atoms with Crippen LogP contribution in [0, 0.1) is 13.8 Å². The fraction of sp³-hybridized carbons (Fsp3) is 0.500. The van der Waals surface area contributed by atoms with Crippen LogP contribution in [0.4, 0.5) is 0 Å². The molecular weight excluding hydrogens is 224 g/mol. The first-order valence-electron chi connectivity index (χ1n) is 5.29. The number of aryl methyl sites for hydroxylation is 1. The summed E-state index contributed by atoms with van der Waals surface area (Å²) in [6.45, 7) is 5.51.